The number of nitrogens with zero attached hydrogens (tertiary/aromatic N) is 2. The molecule has 0 aliphatic carbocycles. The summed E-state index contributed by atoms with van der Waals surface area (Å²) < 4.78 is 5.52. The molecular weight excluding hydrogens is 230 g/mol. The van der Waals surface area contributed by atoms with Crippen LogP contribution in [0, 0.1) is 0 Å². The van der Waals surface area contributed by atoms with Crippen LogP contribution < -0.4 is 5.73 Å². The molecule has 1 aliphatic heterocycles. The van der Waals surface area contributed by atoms with E-state index in [9.17, 15) is 4.79 Å². The van der Waals surface area contributed by atoms with Gasteiger partial charge in [0, 0.05) is 32.6 Å². The van der Waals surface area contributed by atoms with Crippen LogP contribution in [0.3, 0.4) is 0 Å². The fraction of sp³-hybridized carbons (Fsp3) is 0.615. The zero-order valence-electron chi connectivity index (χ0n) is 11.1. The normalized spacial score (nSPS) is 21.3. The Kier molecular flexibility index (Phi) is 4.04. The van der Waals surface area contributed by atoms with Crippen molar-refractivity contribution < 1.29 is 9.21 Å². The summed E-state index contributed by atoms with van der Waals surface area (Å²) in [5, 5.41) is 0. The summed E-state index contributed by atoms with van der Waals surface area (Å²) in [6.07, 6.45) is 0.802. The number of hydrogen-bond acceptors (Lipinski definition) is 4. The van der Waals surface area contributed by atoms with Crippen LogP contribution in [0.2, 0.25) is 0 Å². The molecule has 1 unspecified atom stereocenters. The molecule has 0 radical (unpaired) electrons. The molecule has 1 fully saturated rings. The molecule has 1 aromatic heterocycles. The maximum Gasteiger partial charge on any atom is 0.289 e. The number of piperazine rings is 1. The minimum atomic E-state index is -0.0433. The van der Waals surface area contributed by atoms with Crippen molar-refractivity contribution in [2.24, 2.45) is 5.73 Å². The molecule has 100 valence electrons. The number of rotatable bonds is 3. The van der Waals surface area contributed by atoms with Crippen LogP contribution in [0.15, 0.2) is 16.5 Å². The topological polar surface area (TPSA) is 62.7 Å². The van der Waals surface area contributed by atoms with Crippen molar-refractivity contribution in [3.8, 4) is 0 Å². The number of furan rings is 1. The number of carbonyl (C=O) groups is 1. The van der Waals surface area contributed by atoms with E-state index in [1.807, 2.05) is 24.9 Å². The van der Waals surface area contributed by atoms with Crippen LogP contribution >= 0.6 is 0 Å². The van der Waals surface area contributed by atoms with E-state index >= 15 is 0 Å². The number of aryl methyl sites for hydroxylation is 1. The van der Waals surface area contributed by atoms with Gasteiger partial charge in [0.05, 0.1) is 6.04 Å². The SMILES string of the molecule is CCc1ccc(C(=O)N2CCN(C)CC2CN)o1. The molecule has 18 heavy (non-hydrogen) atoms. The van der Waals surface area contributed by atoms with Crippen LogP contribution in [-0.4, -0.2) is 55.0 Å². The largest absolute Gasteiger partial charge is 0.456 e. The average molecular weight is 251 g/mol. The zero-order chi connectivity index (χ0) is 13.1. The quantitative estimate of drug-likeness (QED) is 0.852. The van der Waals surface area contributed by atoms with Gasteiger partial charge >= 0.3 is 0 Å². The highest BCUT2D eigenvalue weighted by molar-refractivity contribution is 5.91. The van der Waals surface area contributed by atoms with E-state index in [4.69, 9.17) is 10.2 Å². The lowest BCUT2D eigenvalue weighted by Gasteiger charge is -2.39. The minimum Gasteiger partial charge on any atom is -0.456 e. The third-order valence-corrected chi connectivity index (χ3v) is 3.44. The summed E-state index contributed by atoms with van der Waals surface area (Å²) in [6, 6.07) is 3.69. The summed E-state index contributed by atoms with van der Waals surface area (Å²) in [6.45, 7) is 4.90. The summed E-state index contributed by atoms with van der Waals surface area (Å²) >= 11 is 0. The van der Waals surface area contributed by atoms with Gasteiger partial charge in [-0.2, -0.15) is 0 Å². The summed E-state index contributed by atoms with van der Waals surface area (Å²) in [7, 11) is 2.05. The van der Waals surface area contributed by atoms with Gasteiger partial charge in [0.1, 0.15) is 5.76 Å². The van der Waals surface area contributed by atoms with Crippen LogP contribution in [0.4, 0.5) is 0 Å². The standard InChI is InChI=1S/C13H21N3O2/c1-3-11-4-5-12(18-11)13(17)16-7-6-15(2)9-10(16)8-14/h4-5,10H,3,6-9,14H2,1-2H3. The first-order valence-corrected chi connectivity index (χ1v) is 6.44. The molecule has 1 aliphatic rings. The van der Waals surface area contributed by atoms with Gasteiger partial charge in [0.2, 0.25) is 0 Å². The van der Waals surface area contributed by atoms with Gasteiger partial charge in [-0.1, -0.05) is 6.92 Å². The molecule has 1 saturated heterocycles. The summed E-state index contributed by atoms with van der Waals surface area (Å²) in [5.74, 6) is 1.23. The molecule has 5 nitrogen and oxygen atoms in total. The van der Waals surface area contributed by atoms with E-state index in [-0.39, 0.29) is 11.9 Å². The predicted octanol–water partition coefficient (Wildman–Crippen LogP) is 0.557. The Labute approximate surface area is 108 Å². The molecule has 0 bridgehead atoms. The highest BCUT2D eigenvalue weighted by atomic mass is 16.4. The predicted molar refractivity (Wildman–Crippen MR) is 69.5 cm³/mol. The van der Waals surface area contributed by atoms with Gasteiger partial charge in [0.15, 0.2) is 5.76 Å². The Morgan fingerprint density at radius 2 is 2.28 bits per heavy atom. The first-order valence-electron chi connectivity index (χ1n) is 6.44. The second kappa shape index (κ2) is 5.54. The van der Waals surface area contributed by atoms with E-state index in [2.05, 4.69) is 4.90 Å². The molecule has 1 atom stereocenters. The van der Waals surface area contributed by atoms with E-state index in [1.54, 1.807) is 6.07 Å². The molecule has 0 spiro atoms. The molecule has 0 aromatic carbocycles. The number of amides is 1. The van der Waals surface area contributed by atoms with Gasteiger partial charge < -0.3 is 20.0 Å². The molecule has 1 aromatic rings. The fourth-order valence-corrected chi connectivity index (χ4v) is 2.30. The number of nitrogens with two attached hydrogens (primary N) is 1. The van der Waals surface area contributed by atoms with Crippen molar-refractivity contribution in [2.75, 3.05) is 33.2 Å². The van der Waals surface area contributed by atoms with E-state index < -0.39 is 0 Å². The monoisotopic (exact) mass is 251 g/mol. The van der Waals surface area contributed by atoms with Gasteiger partial charge in [-0.15, -0.1) is 0 Å². The molecule has 0 saturated carbocycles. The van der Waals surface area contributed by atoms with Crippen LogP contribution in [-0.2, 0) is 6.42 Å². The number of likely N-dealkylation sites (N-methyl/N-ethyl adjacent to an activating group) is 1. The highest BCUT2D eigenvalue weighted by Gasteiger charge is 2.30. The second-order valence-corrected chi connectivity index (χ2v) is 4.77. The van der Waals surface area contributed by atoms with Crippen molar-refractivity contribution in [3.05, 3.63) is 23.7 Å². The van der Waals surface area contributed by atoms with Crippen molar-refractivity contribution in [3.63, 3.8) is 0 Å². The van der Waals surface area contributed by atoms with Gasteiger partial charge in [-0.3, -0.25) is 4.79 Å². The Hall–Kier alpha value is -1.33. The van der Waals surface area contributed by atoms with Gasteiger partial charge in [0.25, 0.3) is 5.91 Å². The molecule has 2 heterocycles. The molecule has 5 heteroatoms. The van der Waals surface area contributed by atoms with E-state index in [1.165, 1.54) is 0 Å². The molecular formula is C13H21N3O2. The minimum absolute atomic E-state index is 0.0433. The lowest BCUT2D eigenvalue weighted by molar-refractivity contribution is 0.0484. The van der Waals surface area contributed by atoms with E-state index in [0.29, 0.717) is 18.8 Å². The molecule has 1 amide bonds. The summed E-state index contributed by atoms with van der Waals surface area (Å²) in [5.41, 5.74) is 5.75. The average Bonchev–Trinajstić information content (AvgIpc) is 2.86. The molecule has 2 rings (SSSR count). The zero-order valence-corrected chi connectivity index (χ0v) is 11.1. The summed E-state index contributed by atoms with van der Waals surface area (Å²) in [4.78, 5) is 16.4. The second-order valence-electron chi connectivity index (χ2n) is 4.77. The Balaban J connectivity index is 2.11. The number of hydrogen-bond donors (Lipinski definition) is 1. The Morgan fingerprint density at radius 3 is 2.89 bits per heavy atom. The lowest BCUT2D eigenvalue weighted by atomic mass is 10.1. The number of carbonyl (C=O) groups excluding carboxylic acids is 1. The van der Waals surface area contributed by atoms with Crippen LogP contribution in [0.1, 0.15) is 23.2 Å². The maximum atomic E-state index is 12.4. The van der Waals surface area contributed by atoms with Crippen molar-refractivity contribution in [1.82, 2.24) is 9.80 Å². The first-order chi connectivity index (χ1) is 8.65. The Bertz CT molecular complexity index is 416. The third-order valence-electron chi connectivity index (χ3n) is 3.44. The van der Waals surface area contributed by atoms with Crippen molar-refractivity contribution >= 4 is 5.91 Å². The first kappa shape index (κ1) is 13.1. The van der Waals surface area contributed by atoms with Crippen LogP contribution in [0.5, 0.6) is 0 Å². The fourth-order valence-electron chi connectivity index (χ4n) is 2.30. The van der Waals surface area contributed by atoms with Gasteiger partial charge in [-0.25, -0.2) is 0 Å². The maximum absolute atomic E-state index is 12.4. The third kappa shape index (κ3) is 2.57. The lowest BCUT2D eigenvalue weighted by Crippen LogP contribution is -2.56. The van der Waals surface area contributed by atoms with Crippen molar-refractivity contribution in [1.29, 1.82) is 0 Å². The van der Waals surface area contributed by atoms with Gasteiger partial charge in [-0.05, 0) is 19.2 Å². The van der Waals surface area contributed by atoms with Crippen LogP contribution in [0.25, 0.3) is 0 Å². The van der Waals surface area contributed by atoms with Crippen molar-refractivity contribution in [2.45, 2.75) is 19.4 Å². The highest BCUT2D eigenvalue weighted by Crippen LogP contribution is 2.15. The molecule has 2 N–H and O–H groups in total. The smallest absolute Gasteiger partial charge is 0.289 e. The Morgan fingerprint density at radius 1 is 1.50 bits per heavy atom. The van der Waals surface area contributed by atoms with E-state index in [0.717, 1.165) is 25.3 Å².